The Bertz CT molecular complexity index is 667. The molecule has 2 unspecified atom stereocenters. The number of alkyl halides is 1. The molecule has 0 aromatic heterocycles. The minimum atomic E-state index is -0.496. The molecule has 0 radical (unpaired) electrons. The van der Waals surface area contributed by atoms with E-state index in [-0.39, 0.29) is 17.4 Å². The van der Waals surface area contributed by atoms with E-state index >= 15 is 0 Å². The first-order valence-electron chi connectivity index (χ1n) is 8.90. The van der Waals surface area contributed by atoms with Crippen LogP contribution in [0.4, 0.5) is 0 Å². The molecule has 0 bridgehead atoms. The van der Waals surface area contributed by atoms with E-state index in [1.54, 1.807) is 6.92 Å². The van der Waals surface area contributed by atoms with Crippen molar-refractivity contribution in [1.82, 2.24) is 4.90 Å². The van der Waals surface area contributed by atoms with Gasteiger partial charge in [-0.1, -0.05) is 12.8 Å². The van der Waals surface area contributed by atoms with Crippen molar-refractivity contribution in [2.45, 2.75) is 56.4 Å². The molecule has 5 heteroatoms. The molecule has 0 N–H and O–H groups in total. The van der Waals surface area contributed by atoms with Crippen molar-refractivity contribution < 1.29 is 14.3 Å². The highest BCUT2D eigenvalue weighted by molar-refractivity contribution is 6.30. The third-order valence-corrected chi connectivity index (χ3v) is 6.05. The van der Waals surface area contributed by atoms with E-state index in [9.17, 15) is 4.79 Å². The highest BCUT2D eigenvalue weighted by atomic mass is 35.5. The van der Waals surface area contributed by atoms with Gasteiger partial charge in [0.15, 0.2) is 11.5 Å². The third kappa shape index (κ3) is 2.38. The Morgan fingerprint density at radius 2 is 1.88 bits per heavy atom. The van der Waals surface area contributed by atoms with Gasteiger partial charge in [0.1, 0.15) is 18.6 Å². The predicted molar refractivity (Wildman–Crippen MR) is 93.0 cm³/mol. The van der Waals surface area contributed by atoms with Gasteiger partial charge in [-0.05, 0) is 49.9 Å². The Balaban J connectivity index is 1.84. The lowest BCUT2D eigenvalue weighted by Gasteiger charge is -2.46. The van der Waals surface area contributed by atoms with Gasteiger partial charge in [0.2, 0.25) is 5.91 Å². The second kappa shape index (κ2) is 5.83. The highest BCUT2D eigenvalue weighted by Crippen LogP contribution is 2.52. The van der Waals surface area contributed by atoms with Crippen molar-refractivity contribution in [1.29, 1.82) is 0 Å². The summed E-state index contributed by atoms with van der Waals surface area (Å²) in [4.78, 5) is 14.7. The lowest BCUT2D eigenvalue weighted by Crippen LogP contribution is -2.50. The number of carbonyl (C=O) groups is 1. The molecular formula is C19H24ClNO3. The van der Waals surface area contributed by atoms with Gasteiger partial charge in [-0.25, -0.2) is 0 Å². The molecule has 1 aromatic rings. The van der Waals surface area contributed by atoms with Crippen LogP contribution in [0.3, 0.4) is 0 Å². The largest absolute Gasteiger partial charge is 0.486 e. The average Bonchev–Trinajstić information content (AvgIpc) is 3.05. The van der Waals surface area contributed by atoms with E-state index in [1.165, 1.54) is 24.0 Å². The number of benzene rings is 1. The number of amides is 1. The first-order valence-corrected chi connectivity index (χ1v) is 9.34. The summed E-state index contributed by atoms with van der Waals surface area (Å²) in [5.74, 6) is 1.67. The average molecular weight is 350 g/mol. The van der Waals surface area contributed by atoms with Crippen molar-refractivity contribution in [3.05, 3.63) is 23.3 Å². The Morgan fingerprint density at radius 3 is 2.50 bits per heavy atom. The van der Waals surface area contributed by atoms with Crippen LogP contribution in [0.1, 0.15) is 56.7 Å². The molecule has 2 atom stereocenters. The number of hydrogen-bond acceptors (Lipinski definition) is 3. The van der Waals surface area contributed by atoms with Gasteiger partial charge in [0.25, 0.3) is 0 Å². The first kappa shape index (κ1) is 16.1. The quantitative estimate of drug-likeness (QED) is 0.724. The summed E-state index contributed by atoms with van der Waals surface area (Å²) < 4.78 is 11.6. The summed E-state index contributed by atoms with van der Waals surface area (Å²) in [6, 6.07) is 4.28. The molecule has 24 heavy (non-hydrogen) atoms. The molecule has 2 aliphatic heterocycles. The van der Waals surface area contributed by atoms with Gasteiger partial charge in [-0.3, -0.25) is 4.79 Å². The number of fused-ring (bicyclic) bond motifs is 3. The number of ether oxygens (including phenoxy) is 2. The maximum atomic E-state index is 12.7. The van der Waals surface area contributed by atoms with Crippen molar-refractivity contribution in [2.24, 2.45) is 0 Å². The lowest BCUT2D eigenvalue weighted by atomic mass is 9.71. The molecule has 2 heterocycles. The molecule has 1 spiro atoms. The fraction of sp³-hybridized carbons (Fsp3) is 0.632. The van der Waals surface area contributed by atoms with Crippen LogP contribution in [0, 0.1) is 0 Å². The van der Waals surface area contributed by atoms with Crippen LogP contribution in [-0.2, 0) is 10.2 Å². The standard InChI is InChI=1S/C19H24ClNO3/c1-12(20)18(22)21-11-19(5-3-4-6-19)15-10-17-16(23-7-8-24-17)9-14(15)13(21)2/h9-10,12-13H,3-8,11H2,1-2H3. The van der Waals surface area contributed by atoms with Crippen LogP contribution in [0.2, 0.25) is 0 Å². The molecule has 1 saturated carbocycles. The van der Waals surface area contributed by atoms with Gasteiger partial charge >= 0.3 is 0 Å². The maximum absolute atomic E-state index is 12.7. The van der Waals surface area contributed by atoms with Gasteiger partial charge in [0.05, 0.1) is 6.04 Å². The van der Waals surface area contributed by atoms with Crippen LogP contribution < -0.4 is 9.47 Å². The first-order chi connectivity index (χ1) is 11.5. The SMILES string of the molecule is CC(Cl)C(=O)N1CC2(CCCC2)c2cc3c(cc2C1C)OCCO3. The normalized spacial score (nSPS) is 25.5. The second-order valence-corrected chi connectivity index (χ2v) is 7.98. The van der Waals surface area contributed by atoms with Crippen LogP contribution in [-0.4, -0.2) is 35.9 Å². The molecule has 4 rings (SSSR count). The van der Waals surface area contributed by atoms with E-state index in [4.69, 9.17) is 21.1 Å². The molecule has 3 aliphatic rings. The number of carbonyl (C=O) groups excluding carboxylic acids is 1. The zero-order valence-electron chi connectivity index (χ0n) is 14.3. The Kier molecular flexibility index (Phi) is 3.91. The molecule has 4 nitrogen and oxygen atoms in total. The second-order valence-electron chi connectivity index (χ2n) is 7.33. The fourth-order valence-electron chi connectivity index (χ4n) is 4.60. The zero-order chi connectivity index (χ0) is 16.9. The molecule has 130 valence electrons. The van der Waals surface area contributed by atoms with Crippen LogP contribution in [0.5, 0.6) is 11.5 Å². The van der Waals surface area contributed by atoms with E-state index in [1.807, 2.05) is 4.90 Å². The van der Waals surface area contributed by atoms with Crippen LogP contribution in [0.25, 0.3) is 0 Å². The molecule has 1 amide bonds. The monoisotopic (exact) mass is 349 g/mol. The number of halogens is 1. The zero-order valence-corrected chi connectivity index (χ0v) is 15.1. The minimum Gasteiger partial charge on any atom is -0.486 e. The summed E-state index contributed by atoms with van der Waals surface area (Å²) in [5.41, 5.74) is 2.58. The Morgan fingerprint density at radius 1 is 1.25 bits per heavy atom. The van der Waals surface area contributed by atoms with Crippen molar-refractivity contribution >= 4 is 17.5 Å². The molecule has 0 saturated heterocycles. The van der Waals surface area contributed by atoms with E-state index in [2.05, 4.69) is 19.1 Å². The van der Waals surface area contributed by atoms with E-state index < -0.39 is 5.38 Å². The summed E-state index contributed by atoms with van der Waals surface area (Å²) in [5, 5.41) is -0.496. The smallest absolute Gasteiger partial charge is 0.240 e. The van der Waals surface area contributed by atoms with Crippen molar-refractivity contribution in [3.8, 4) is 11.5 Å². The van der Waals surface area contributed by atoms with Crippen LogP contribution >= 0.6 is 11.6 Å². The van der Waals surface area contributed by atoms with Crippen LogP contribution in [0.15, 0.2) is 12.1 Å². The van der Waals surface area contributed by atoms with Gasteiger partial charge in [-0.2, -0.15) is 0 Å². The highest BCUT2D eigenvalue weighted by Gasteiger charge is 2.46. The summed E-state index contributed by atoms with van der Waals surface area (Å²) in [6.45, 7) is 5.79. The molecular weight excluding hydrogens is 326 g/mol. The number of nitrogens with zero attached hydrogens (tertiary/aromatic N) is 1. The Hall–Kier alpha value is -1.42. The van der Waals surface area contributed by atoms with Gasteiger partial charge < -0.3 is 14.4 Å². The molecule has 1 aliphatic carbocycles. The predicted octanol–water partition coefficient (Wildman–Crippen LogP) is 3.80. The maximum Gasteiger partial charge on any atom is 0.240 e. The Labute approximate surface area is 148 Å². The number of rotatable bonds is 1. The summed E-state index contributed by atoms with van der Waals surface area (Å²) in [7, 11) is 0. The molecule has 1 aromatic carbocycles. The third-order valence-electron chi connectivity index (χ3n) is 5.86. The van der Waals surface area contributed by atoms with Crippen molar-refractivity contribution in [3.63, 3.8) is 0 Å². The van der Waals surface area contributed by atoms with E-state index in [0.717, 1.165) is 30.9 Å². The fourth-order valence-corrected chi connectivity index (χ4v) is 4.73. The van der Waals surface area contributed by atoms with Crippen molar-refractivity contribution in [2.75, 3.05) is 19.8 Å². The topological polar surface area (TPSA) is 38.8 Å². The number of hydrogen-bond donors (Lipinski definition) is 0. The van der Waals surface area contributed by atoms with Gasteiger partial charge in [-0.15, -0.1) is 11.6 Å². The summed E-state index contributed by atoms with van der Waals surface area (Å²) in [6.07, 6.45) is 4.65. The minimum absolute atomic E-state index is 0.00996. The lowest BCUT2D eigenvalue weighted by molar-refractivity contribution is -0.134. The van der Waals surface area contributed by atoms with Gasteiger partial charge in [0, 0.05) is 12.0 Å². The van der Waals surface area contributed by atoms with E-state index in [0.29, 0.717) is 13.2 Å². The molecule has 1 fully saturated rings. The summed E-state index contributed by atoms with van der Waals surface area (Å²) >= 11 is 6.13.